The molecule has 1 aliphatic heterocycles. The minimum absolute atomic E-state index is 0.442. The van der Waals surface area contributed by atoms with Crippen molar-refractivity contribution in [1.29, 1.82) is 0 Å². The molecule has 0 amide bonds. The van der Waals surface area contributed by atoms with E-state index in [4.69, 9.17) is 0 Å². The molecule has 1 atom stereocenters. The third kappa shape index (κ3) is 3.69. The fourth-order valence-electron chi connectivity index (χ4n) is 2.94. The van der Waals surface area contributed by atoms with E-state index in [0.29, 0.717) is 6.04 Å². The van der Waals surface area contributed by atoms with E-state index in [1.807, 2.05) is 18.5 Å². The molecular weight excluding hydrogens is 258 g/mol. The molecule has 3 rings (SSSR count). The first-order valence-electron chi connectivity index (χ1n) is 7.73. The summed E-state index contributed by atoms with van der Waals surface area (Å²) in [7, 11) is 0. The molecule has 3 heteroatoms. The Morgan fingerprint density at radius 1 is 1.24 bits per heavy atom. The molecular formula is C18H23N3. The van der Waals surface area contributed by atoms with Gasteiger partial charge in [-0.3, -0.25) is 9.88 Å². The summed E-state index contributed by atoms with van der Waals surface area (Å²) < 4.78 is 0. The average Bonchev–Trinajstić information content (AvgIpc) is 2.55. The zero-order valence-corrected chi connectivity index (χ0v) is 12.6. The van der Waals surface area contributed by atoms with Crippen molar-refractivity contribution < 1.29 is 0 Å². The smallest absolute Gasteiger partial charge is 0.0488 e. The van der Waals surface area contributed by atoms with E-state index in [-0.39, 0.29) is 0 Å². The number of piperazine rings is 1. The molecule has 110 valence electrons. The SMILES string of the molecule is Cc1ccc(CCN2CCNCC2c2cccnc2)cc1. The van der Waals surface area contributed by atoms with Gasteiger partial charge in [-0.25, -0.2) is 0 Å². The van der Waals surface area contributed by atoms with Crippen LogP contribution in [0.1, 0.15) is 22.7 Å². The van der Waals surface area contributed by atoms with Crippen molar-refractivity contribution in [2.24, 2.45) is 0 Å². The Kier molecular flexibility index (Phi) is 4.63. The van der Waals surface area contributed by atoms with E-state index >= 15 is 0 Å². The van der Waals surface area contributed by atoms with E-state index in [1.54, 1.807) is 0 Å². The molecule has 1 aliphatic rings. The van der Waals surface area contributed by atoms with E-state index in [0.717, 1.165) is 32.6 Å². The molecule has 1 saturated heterocycles. The number of hydrogen-bond acceptors (Lipinski definition) is 3. The molecule has 1 fully saturated rings. The van der Waals surface area contributed by atoms with Crippen LogP contribution in [0.4, 0.5) is 0 Å². The number of benzene rings is 1. The molecule has 0 radical (unpaired) electrons. The van der Waals surface area contributed by atoms with Crippen molar-refractivity contribution in [2.75, 3.05) is 26.2 Å². The van der Waals surface area contributed by atoms with Gasteiger partial charge in [0.25, 0.3) is 0 Å². The number of aryl methyl sites for hydroxylation is 1. The Hall–Kier alpha value is -1.71. The lowest BCUT2D eigenvalue weighted by Crippen LogP contribution is -2.46. The number of nitrogens with one attached hydrogen (secondary N) is 1. The van der Waals surface area contributed by atoms with Crippen molar-refractivity contribution in [3.8, 4) is 0 Å². The standard InChI is InChI=1S/C18H23N3/c1-15-4-6-16(7-5-15)8-11-21-12-10-20-14-18(21)17-3-2-9-19-13-17/h2-7,9,13,18,20H,8,10-12,14H2,1H3. The minimum atomic E-state index is 0.442. The van der Waals surface area contributed by atoms with Crippen LogP contribution in [0.5, 0.6) is 0 Å². The summed E-state index contributed by atoms with van der Waals surface area (Å²) in [5.74, 6) is 0. The van der Waals surface area contributed by atoms with Gasteiger partial charge in [0.1, 0.15) is 0 Å². The maximum atomic E-state index is 4.27. The topological polar surface area (TPSA) is 28.2 Å². The summed E-state index contributed by atoms with van der Waals surface area (Å²) in [5, 5.41) is 3.50. The largest absolute Gasteiger partial charge is 0.314 e. The van der Waals surface area contributed by atoms with Crippen molar-refractivity contribution in [3.05, 3.63) is 65.5 Å². The highest BCUT2D eigenvalue weighted by atomic mass is 15.2. The molecule has 0 spiro atoms. The number of hydrogen-bond donors (Lipinski definition) is 1. The van der Waals surface area contributed by atoms with Gasteiger partial charge >= 0.3 is 0 Å². The molecule has 2 aromatic rings. The van der Waals surface area contributed by atoms with Crippen LogP contribution in [-0.4, -0.2) is 36.1 Å². The van der Waals surface area contributed by atoms with Gasteiger partial charge < -0.3 is 5.32 Å². The second kappa shape index (κ2) is 6.83. The molecule has 1 aromatic carbocycles. The number of nitrogens with zero attached hydrogens (tertiary/aromatic N) is 2. The highest BCUT2D eigenvalue weighted by Crippen LogP contribution is 2.21. The Bertz CT molecular complexity index is 550. The third-order valence-corrected chi connectivity index (χ3v) is 4.23. The van der Waals surface area contributed by atoms with Gasteiger partial charge in [0.05, 0.1) is 0 Å². The summed E-state index contributed by atoms with van der Waals surface area (Å²) in [6, 6.07) is 13.5. The highest BCUT2D eigenvalue weighted by Gasteiger charge is 2.23. The molecule has 1 aromatic heterocycles. The van der Waals surface area contributed by atoms with Crippen LogP contribution < -0.4 is 5.32 Å². The molecule has 2 heterocycles. The van der Waals surface area contributed by atoms with Crippen LogP contribution in [0.2, 0.25) is 0 Å². The fourth-order valence-corrected chi connectivity index (χ4v) is 2.94. The molecule has 1 unspecified atom stereocenters. The van der Waals surface area contributed by atoms with Crippen LogP contribution in [0.3, 0.4) is 0 Å². The van der Waals surface area contributed by atoms with E-state index in [9.17, 15) is 0 Å². The molecule has 0 saturated carbocycles. The lowest BCUT2D eigenvalue weighted by molar-refractivity contribution is 0.164. The second-order valence-electron chi connectivity index (χ2n) is 5.78. The van der Waals surface area contributed by atoms with E-state index in [1.165, 1.54) is 16.7 Å². The molecule has 21 heavy (non-hydrogen) atoms. The summed E-state index contributed by atoms with van der Waals surface area (Å²) in [5.41, 5.74) is 4.06. The highest BCUT2D eigenvalue weighted by molar-refractivity contribution is 5.22. The van der Waals surface area contributed by atoms with Crippen molar-refractivity contribution in [3.63, 3.8) is 0 Å². The van der Waals surface area contributed by atoms with E-state index in [2.05, 4.69) is 52.5 Å². The van der Waals surface area contributed by atoms with Crippen LogP contribution in [0.25, 0.3) is 0 Å². The molecule has 0 aliphatic carbocycles. The summed E-state index contributed by atoms with van der Waals surface area (Å²) in [4.78, 5) is 6.84. The zero-order valence-electron chi connectivity index (χ0n) is 12.6. The summed E-state index contributed by atoms with van der Waals surface area (Å²) in [6.07, 6.45) is 4.95. The predicted octanol–water partition coefficient (Wildman–Crippen LogP) is 2.58. The van der Waals surface area contributed by atoms with Gasteiger partial charge in [0.2, 0.25) is 0 Å². The monoisotopic (exact) mass is 281 g/mol. The number of pyridine rings is 1. The van der Waals surface area contributed by atoms with Gasteiger partial charge in [0.15, 0.2) is 0 Å². The Morgan fingerprint density at radius 3 is 2.86 bits per heavy atom. The van der Waals surface area contributed by atoms with Gasteiger partial charge in [0, 0.05) is 44.6 Å². The number of aromatic nitrogens is 1. The Morgan fingerprint density at radius 2 is 2.10 bits per heavy atom. The maximum Gasteiger partial charge on any atom is 0.0488 e. The van der Waals surface area contributed by atoms with E-state index < -0.39 is 0 Å². The fraction of sp³-hybridized carbons (Fsp3) is 0.389. The van der Waals surface area contributed by atoms with Crippen LogP contribution >= 0.6 is 0 Å². The van der Waals surface area contributed by atoms with Crippen LogP contribution in [0.15, 0.2) is 48.8 Å². The zero-order chi connectivity index (χ0) is 14.5. The quantitative estimate of drug-likeness (QED) is 0.933. The Balaban J connectivity index is 1.66. The first kappa shape index (κ1) is 14.2. The number of rotatable bonds is 4. The van der Waals surface area contributed by atoms with Gasteiger partial charge in [-0.1, -0.05) is 35.9 Å². The second-order valence-corrected chi connectivity index (χ2v) is 5.78. The molecule has 0 bridgehead atoms. The van der Waals surface area contributed by atoms with Gasteiger partial charge in [-0.05, 0) is 30.5 Å². The Labute approximate surface area is 127 Å². The maximum absolute atomic E-state index is 4.27. The third-order valence-electron chi connectivity index (χ3n) is 4.23. The van der Waals surface area contributed by atoms with Crippen LogP contribution in [-0.2, 0) is 6.42 Å². The normalized spacial score (nSPS) is 19.6. The molecule has 3 nitrogen and oxygen atoms in total. The van der Waals surface area contributed by atoms with Crippen molar-refractivity contribution in [1.82, 2.24) is 15.2 Å². The predicted molar refractivity (Wildman–Crippen MR) is 86.3 cm³/mol. The lowest BCUT2D eigenvalue weighted by atomic mass is 10.0. The molecule has 1 N–H and O–H groups in total. The van der Waals surface area contributed by atoms with Gasteiger partial charge in [-0.15, -0.1) is 0 Å². The lowest BCUT2D eigenvalue weighted by Gasteiger charge is -2.36. The summed E-state index contributed by atoms with van der Waals surface area (Å²) in [6.45, 7) is 6.43. The van der Waals surface area contributed by atoms with Gasteiger partial charge in [-0.2, -0.15) is 0 Å². The minimum Gasteiger partial charge on any atom is -0.314 e. The average molecular weight is 281 g/mol. The van der Waals surface area contributed by atoms with Crippen molar-refractivity contribution >= 4 is 0 Å². The first-order valence-corrected chi connectivity index (χ1v) is 7.73. The first-order chi connectivity index (χ1) is 10.3. The van der Waals surface area contributed by atoms with Crippen molar-refractivity contribution in [2.45, 2.75) is 19.4 Å². The van der Waals surface area contributed by atoms with Crippen LogP contribution in [0, 0.1) is 6.92 Å². The summed E-state index contributed by atoms with van der Waals surface area (Å²) >= 11 is 0.